The van der Waals surface area contributed by atoms with Crippen LogP contribution in [0.3, 0.4) is 0 Å². The molecule has 1 amide bonds. The molecule has 8 aliphatic rings. The van der Waals surface area contributed by atoms with E-state index in [1.54, 1.807) is 0 Å². The maximum Gasteiger partial charge on any atom is 0.232 e. The zero-order valence-electron chi connectivity index (χ0n) is 68.2. The lowest BCUT2D eigenvalue weighted by Gasteiger charge is -2.33. The molecule has 120 heavy (non-hydrogen) atoms. The van der Waals surface area contributed by atoms with Crippen molar-refractivity contribution in [1.29, 1.82) is 15.8 Å². The van der Waals surface area contributed by atoms with Gasteiger partial charge in [-0.25, -0.2) is 0 Å². The van der Waals surface area contributed by atoms with Crippen molar-refractivity contribution in [2.45, 2.75) is 142 Å². The smallest absolute Gasteiger partial charge is 0.232 e. The number of amidine groups is 2. The zero-order valence-corrected chi connectivity index (χ0v) is 68.2. The number of aliphatic imine (C=N–C) groups is 2. The number of nitrogens with zero attached hydrogens (tertiary/aromatic N) is 8. The minimum absolute atomic E-state index is 0.107. The third-order valence-corrected chi connectivity index (χ3v) is 26.5. The van der Waals surface area contributed by atoms with Crippen LogP contribution in [0.15, 0.2) is 306 Å². The monoisotopic (exact) mass is 1570 g/mol. The van der Waals surface area contributed by atoms with E-state index in [9.17, 15) is 20.6 Å². The number of hydrogen-bond donors (Lipinski definition) is 5. The van der Waals surface area contributed by atoms with Crippen LogP contribution in [0.2, 0.25) is 0 Å². The molecule has 0 atom stereocenters. The molecule has 10 N–H and O–H groups in total. The maximum atomic E-state index is 12.5. The summed E-state index contributed by atoms with van der Waals surface area (Å²) in [4.78, 5) is 24.4. The SMILES string of the molecule is N#CC1(CCN)c2ccccc2CCc2ccccc21.N#CC1(CCN=[N+]=[N-])c2ccccc2CCc2ccccc21.N#CC1c2ccccc2CCc2ccccc21.NC1=NCCC12c1ccccc1CCc1ccccc12.NC1=NCCC12c1ccccc1CCc1ccccc12.NCCC1(C(N)=O)c2ccccc2CCc2ccccc21. The summed E-state index contributed by atoms with van der Waals surface area (Å²) >= 11 is 0. The number of benzene rings is 12. The molecule has 12 aromatic carbocycles. The molecule has 2 aliphatic heterocycles. The molecule has 0 unspecified atom stereocenters. The van der Waals surface area contributed by atoms with Gasteiger partial charge in [-0.05, 0) is 261 Å². The van der Waals surface area contributed by atoms with Gasteiger partial charge < -0.3 is 28.7 Å². The van der Waals surface area contributed by atoms with E-state index >= 15 is 0 Å². The number of amides is 1. The Hall–Kier alpha value is -13.3. The first-order valence-corrected chi connectivity index (χ1v) is 42.4. The largest absolute Gasteiger partial charge is 0.386 e. The number of primary amides is 1. The highest BCUT2D eigenvalue weighted by Crippen LogP contribution is 2.49. The molecule has 14 heteroatoms. The first-order chi connectivity index (χ1) is 58.9. The second-order valence-corrected chi connectivity index (χ2v) is 32.5. The first-order valence-electron chi connectivity index (χ1n) is 42.4. The number of carbonyl (C=O) groups is 1. The van der Waals surface area contributed by atoms with Crippen LogP contribution in [0, 0.1) is 34.0 Å². The van der Waals surface area contributed by atoms with Crippen molar-refractivity contribution in [2.24, 2.45) is 43.8 Å². The van der Waals surface area contributed by atoms with Crippen LogP contribution in [0.1, 0.15) is 172 Å². The number of hydrogen-bond acceptors (Lipinski definition) is 11. The van der Waals surface area contributed by atoms with E-state index in [2.05, 4.69) is 232 Å². The third kappa shape index (κ3) is 15.4. The Kier molecular flexibility index (Phi) is 25.1. The molecule has 6 aliphatic carbocycles. The molecular weight excluding hydrogens is 1470 g/mol. The van der Waals surface area contributed by atoms with Gasteiger partial charge in [-0.1, -0.05) is 296 Å². The van der Waals surface area contributed by atoms with Crippen LogP contribution in [0.25, 0.3) is 10.4 Å². The summed E-state index contributed by atoms with van der Waals surface area (Å²) < 4.78 is 0. The molecule has 2 spiro atoms. The van der Waals surface area contributed by atoms with Crippen molar-refractivity contribution in [3.63, 3.8) is 0 Å². The van der Waals surface area contributed by atoms with Crippen LogP contribution in [-0.2, 0) is 109 Å². The summed E-state index contributed by atoms with van der Waals surface area (Å²) in [5, 5.41) is 33.2. The predicted molar refractivity (Wildman–Crippen MR) is 482 cm³/mol. The Balaban J connectivity index is 0.000000112. The van der Waals surface area contributed by atoms with Crippen LogP contribution in [-0.4, -0.2) is 50.3 Å². The average Bonchev–Trinajstić information content (AvgIpc) is 1.45. The number of nitriles is 3. The Morgan fingerprint density at radius 2 is 0.600 bits per heavy atom. The molecule has 598 valence electrons. The maximum absolute atomic E-state index is 12.5. The number of rotatable bonds is 8. The normalized spacial score (nSPS) is 16.4. The Labute approximate surface area is 705 Å². The van der Waals surface area contributed by atoms with Gasteiger partial charge in [-0.3, -0.25) is 14.8 Å². The van der Waals surface area contributed by atoms with Gasteiger partial charge in [0.1, 0.15) is 27.9 Å². The van der Waals surface area contributed by atoms with Gasteiger partial charge in [-0.2, -0.15) is 15.8 Å². The molecule has 0 aromatic heterocycles. The van der Waals surface area contributed by atoms with Gasteiger partial charge in [0, 0.05) is 24.5 Å². The number of nitrogens with two attached hydrogens (primary N) is 5. The van der Waals surface area contributed by atoms with Crippen LogP contribution in [0.4, 0.5) is 0 Å². The van der Waals surface area contributed by atoms with Gasteiger partial charge in [-0.15, -0.1) is 0 Å². The van der Waals surface area contributed by atoms with Crippen LogP contribution in [0.5, 0.6) is 0 Å². The molecule has 12 aromatic rings. The topological polar surface area (TPSA) is 292 Å². The van der Waals surface area contributed by atoms with E-state index in [1.807, 2.05) is 97.1 Å². The number of carbonyl (C=O) groups excluding carboxylic acids is 1. The lowest BCUT2D eigenvalue weighted by molar-refractivity contribution is -0.122. The highest BCUT2D eigenvalue weighted by atomic mass is 16.1. The fourth-order valence-electron chi connectivity index (χ4n) is 20.8. The lowest BCUT2D eigenvalue weighted by Crippen LogP contribution is -2.44. The predicted octanol–water partition coefficient (Wildman–Crippen LogP) is 18.2. The van der Waals surface area contributed by atoms with E-state index in [-0.39, 0.29) is 22.7 Å². The van der Waals surface area contributed by atoms with E-state index in [4.69, 9.17) is 34.2 Å². The highest BCUT2D eigenvalue weighted by molar-refractivity contribution is 5.99. The van der Waals surface area contributed by atoms with Crippen LogP contribution < -0.4 is 28.7 Å². The summed E-state index contributed by atoms with van der Waals surface area (Å²) in [5.74, 6) is 1.17. The molecule has 0 saturated carbocycles. The molecule has 14 nitrogen and oxygen atoms in total. The first kappa shape index (κ1) is 81.9. The molecule has 20 rings (SSSR count). The Morgan fingerprint density at radius 3 is 0.858 bits per heavy atom. The molecule has 0 radical (unpaired) electrons. The van der Waals surface area contributed by atoms with E-state index in [0.717, 1.165) is 148 Å². The summed E-state index contributed by atoms with van der Waals surface area (Å²) in [7, 11) is 0. The Bertz CT molecular complexity index is 5600. The molecule has 2 heterocycles. The van der Waals surface area contributed by atoms with Crippen molar-refractivity contribution in [2.75, 3.05) is 32.7 Å². The Morgan fingerprint density at radius 1 is 0.358 bits per heavy atom. The summed E-state index contributed by atoms with van der Waals surface area (Å²) in [5.41, 5.74) is 66.3. The van der Waals surface area contributed by atoms with E-state index < -0.39 is 16.2 Å². The van der Waals surface area contributed by atoms with Gasteiger partial charge in [0.15, 0.2) is 0 Å². The van der Waals surface area contributed by atoms with Gasteiger partial charge in [0.2, 0.25) is 5.91 Å². The van der Waals surface area contributed by atoms with Crippen molar-refractivity contribution in [3.05, 3.63) is 435 Å². The highest BCUT2D eigenvalue weighted by Gasteiger charge is 2.48. The van der Waals surface area contributed by atoms with Gasteiger partial charge >= 0.3 is 0 Å². The van der Waals surface area contributed by atoms with Crippen molar-refractivity contribution in [1.82, 2.24) is 0 Å². The fraction of sp³-hybridized carbons (Fsp3) is 0.264. The minimum Gasteiger partial charge on any atom is -0.386 e. The van der Waals surface area contributed by atoms with Crippen molar-refractivity contribution < 1.29 is 4.79 Å². The summed E-state index contributed by atoms with van der Waals surface area (Å²) in [6.07, 6.45) is 15.8. The number of azide groups is 1. The zero-order chi connectivity index (χ0) is 83.1. The molecule has 0 fully saturated rings. The minimum atomic E-state index is -0.807. The number of fused-ring (bicyclic) bond motifs is 16. The number of aryl methyl sites for hydroxylation is 12. The van der Waals surface area contributed by atoms with Crippen LogP contribution >= 0.6 is 0 Å². The van der Waals surface area contributed by atoms with Crippen molar-refractivity contribution >= 4 is 17.6 Å². The van der Waals surface area contributed by atoms with E-state index in [1.165, 1.54) is 100 Å². The molecular formula is C106H103N13O. The second-order valence-electron chi connectivity index (χ2n) is 32.5. The molecule has 0 bridgehead atoms. The van der Waals surface area contributed by atoms with Gasteiger partial charge in [0.25, 0.3) is 0 Å². The molecule has 0 saturated heterocycles. The van der Waals surface area contributed by atoms with Gasteiger partial charge in [0.05, 0.1) is 35.0 Å². The van der Waals surface area contributed by atoms with E-state index in [0.29, 0.717) is 38.9 Å². The summed E-state index contributed by atoms with van der Waals surface area (Å²) in [6, 6.07) is 108. The average molecular weight is 1580 g/mol. The standard InChI is InChI=1S/C18H16N4.C18H20N2O.3C18H18N2.C16H13N/c19-13-18(11-12-21-22-20)16-7-3-1-5-14(16)9-10-15-6-2-4-8-17(15)18;19-12-11-18(17(20)21)15-7-3-1-5-13(15)9-10-14-6-2-4-8-16(14)18;2*19-17-18(11-12-20-17)15-7-3-1-5-13(15)9-10-14-6-2-4-8-16(14)18;19-12-11-18(13-20)16-7-3-1-5-14(16)9-10-15-6-2-4-8-17(15)18;17-11-16-14-7-3-1-5-12(14)9-10-13-6-2-4-8-15(13)16/h1-8H,9-12H2;1-8H,9-12,19H2,(H2,20,21);2*1-8H,9-12H2,(H2,19,20);1-8H,9-12,19H2;1-8,16H,9-10H2. The third-order valence-electron chi connectivity index (χ3n) is 26.5. The second kappa shape index (κ2) is 36.7. The fourth-order valence-corrected chi connectivity index (χ4v) is 20.8. The lowest BCUT2D eigenvalue weighted by atomic mass is 9.69. The quantitative estimate of drug-likeness (QED) is 0.0552. The summed E-state index contributed by atoms with van der Waals surface area (Å²) in [6.45, 7) is 2.90. The van der Waals surface area contributed by atoms with Crippen molar-refractivity contribution in [3.8, 4) is 18.2 Å².